The number of rotatable bonds is 12. The molecular formula is C52H50N6O8S. The molecule has 6 aromatic rings. The Kier molecular flexibility index (Phi) is 16.0. The lowest BCUT2D eigenvalue weighted by Gasteiger charge is -2.27. The largest absolute Gasteiger partial charge is 0.480 e. The van der Waals surface area contributed by atoms with E-state index in [1.807, 2.05) is 72.1 Å². The van der Waals surface area contributed by atoms with Crippen LogP contribution < -0.4 is 31.9 Å². The predicted molar refractivity (Wildman–Crippen MR) is 254 cm³/mol. The molecule has 0 radical (unpaired) electrons. The molecule has 5 aromatic carbocycles. The smallest absolute Gasteiger partial charge is 0.326 e. The van der Waals surface area contributed by atoms with Crippen molar-refractivity contribution < 1.29 is 38.7 Å². The first-order valence-electron chi connectivity index (χ1n) is 21.9. The molecule has 0 saturated carbocycles. The Morgan fingerprint density at radius 2 is 1.07 bits per heavy atom. The molecule has 7 N–H and O–H groups in total. The molecule has 0 aliphatic carbocycles. The molecule has 8 rings (SSSR count). The van der Waals surface area contributed by atoms with Gasteiger partial charge in [0.2, 0.25) is 35.4 Å². The average Bonchev–Trinajstić information content (AvgIpc) is 3.86. The van der Waals surface area contributed by atoms with Gasteiger partial charge >= 0.3 is 5.97 Å². The summed E-state index contributed by atoms with van der Waals surface area (Å²) >= 11 is 1.39. The first-order valence-corrected chi connectivity index (χ1v) is 22.7. The van der Waals surface area contributed by atoms with Crippen molar-refractivity contribution in [3.63, 3.8) is 0 Å². The molecule has 0 saturated heterocycles. The number of amides is 6. The van der Waals surface area contributed by atoms with E-state index in [1.165, 1.54) is 35.6 Å². The summed E-state index contributed by atoms with van der Waals surface area (Å²) in [5.74, 6) is -5.35. The Bertz CT molecular complexity index is 2650. The number of aliphatic carboxylic acids is 1. The van der Waals surface area contributed by atoms with Crippen molar-refractivity contribution in [3.05, 3.63) is 184 Å². The summed E-state index contributed by atoms with van der Waals surface area (Å²) < 4.78 is 0. The van der Waals surface area contributed by atoms with E-state index in [-0.39, 0.29) is 44.1 Å². The van der Waals surface area contributed by atoms with Crippen molar-refractivity contribution in [1.29, 1.82) is 0 Å². The number of thiophene rings is 1. The highest BCUT2D eigenvalue weighted by atomic mass is 32.1. The van der Waals surface area contributed by atoms with Crippen LogP contribution in [0.1, 0.15) is 46.0 Å². The summed E-state index contributed by atoms with van der Waals surface area (Å²) in [5, 5.41) is 28.6. The molecule has 67 heavy (non-hydrogen) atoms. The van der Waals surface area contributed by atoms with Crippen LogP contribution in [0.3, 0.4) is 0 Å². The zero-order chi connectivity index (χ0) is 47.1. The van der Waals surface area contributed by atoms with Crippen molar-refractivity contribution in [3.8, 4) is 11.1 Å². The molecule has 0 spiro atoms. The van der Waals surface area contributed by atoms with Gasteiger partial charge in [0.25, 0.3) is 0 Å². The molecule has 15 heteroatoms. The molecule has 0 fully saturated rings. The lowest BCUT2D eigenvalue weighted by atomic mass is 9.98. The average molecular weight is 919 g/mol. The number of hydrogen-bond acceptors (Lipinski definition) is 8. The van der Waals surface area contributed by atoms with Crippen LogP contribution in [0.5, 0.6) is 0 Å². The molecule has 2 bridgehead atoms. The van der Waals surface area contributed by atoms with Gasteiger partial charge in [-0.25, -0.2) is 4.79 Å². The van der Waals surface area contributed by atoms with Gasteiger partial charge in [0.05, 0.1) is 0 Å². The minimum atomic E-state index is -1.48. The monoisotopic (exact) mass is 918 g/mol. The van der Waals surface area contributed by atoms with Crippen molar-refractivity contribution in [2.75, 3.05) is 5.32 Å². The number of benzene rings is 5. The summed E-state index contributed by atoms with van der Waals surface area (Å²) in [4.78, 5) is 97.8. The topological polar surface area (TPSA) is 212 Å². The van der Waals surface area contributed by atoms with Crippen LogP contribution in [-0.2, 0) is 59.2 Å². The summed E-state index contributed by atoms with van der Waals surface area (Å²) in [6, 6.07) is 38.0. The third kappa shape index (κ3) is 13.6. The minimum Gasteiger partial charge on any atom is -0.480 e. The van der Waals surface area contributed by atoms with Gasteiger partial charge in [-0.2, -0.15) is 0 Å². The minimum absolute atomic E-state index is 0.0124. The van der Waals surface area contributed by atoms with Gasteiger partial charge in [0.1, 0.15) is 30.2 Å². The molecule has 1 aromatic heterocycles. The van der Waals surface area contributed by atoms with E-state index in [1.54, 1.807) is 60.7 Å². The zero-order valence-electron chi connectivity index (χ0n) is 36.4. The highest BCUT2D eigenvalue weighted by molar-refractivity contribution is 7.09. The van der Waals surface area contributed by atoms with Gasteiger partial charge in [-0.1, -0.05) is 133 Å². The fourth-order valence-electron chi connectivity index (χ4n) is 7.68. The summed E-state index contributed by atoms with van der Waals surface area (Å²) in [6.07, 6.45) is -0.473. The van der Waals surface area contributed by atoms with Crippen molar-refractivity contribution >= 4 is 58.4 Å². The molecule has 342 valence electrons. The lowest BCUT2D eigenvalue weighted by Crippen LogP contribution is -2.58. The number of hydrogen-bond donors (Lipinski definition) is 7. The molecule has 2 aliphatic rings. The maximum atomic E-state index is 14.7. The second kappa shape index (κ2) is 22.8. The Labute approximate surface area is 391 Å². The Balaban J connectivity index is 1.24. The number of carbonyl (C=O) groups is 7. The quantitative estimate of drug-likeness (QED) is 0.0800. The van der Waals surface area contributed by atoms with E-state index in [0.717, 1.165) is 16.0 Å². The van der Waals surface area contributed by atoms with Gasteiger partial charge in [0.15, 0.2) is 0 Å². The first-order chi connectivity index (χ1) is 32.5. The highest BCUT2D eigenvalue weighted by Gasteiger charge is 2.34. The highest BCUT2D eigenvalue weighted by Crippen LogP contribution is 2.22. The fourth-order valence-corrected chi connectivity index (χ4v) is 8.43. The Morgan fingerprint density at radius 1 is 0.552 bits per heavy atom. The van der Waals surface area contributed by atoms with Crippen LogP contribution in [0, 0.1) is 0 Å². The molecule has 3 heterocycles. The third-order valence-electron chi connectivity index (χ3n) is 11.2. The van der Waals surface area contributed by atoms with Crippen LogP contribution >= 0.6 is 11.3 Å². The van der Waals surface area contributed by atoms with Crippen LogP contribution in [0.2, 0.25) is 0 Å². The van der Waals surface area contributed by atoms with E-state index in [9.17, 15) is 38.7 Å². The van der Waals surface area contributed by atoms with Crippen LogP contribution in [0.15, 0.2) is 157 Å². The lowest BCUT2D eigenvalue weighted by molar-refractivity contribution is -0.142. The zero-order valence-corrected chi connectivity index (χ0v) is 37.2. The normalized spacial score (nSPS) is 18.8. The van der Waals surface area contributed by atoms with Crippen molar-refractivity contribution in [2.45, 2.75) is 68.7 Å². The second-order valence-corrected chi connectivity index (χ2v) is 17.2. The number of carboxylic acids is 1. The standard InChI is InChI=1S/C52H50N6O8S/c59-45-26-27-46(60)54-43(32-40-17-10-28-67-40)49(62)55-41(30-35-18-20-37(21-19-35)36-15-8-3-9-16-36)48(61)56-42(29-33-11-4-1-5-12-33)50(63)58-47(38-22-24-39(53-45)25-23-38)51(64)57-44(52(65)66)31-34-13-6-2-7-14-34/h1-25,28,41-44,47H,26-27,29-32H2,(H,53,59)(H,54,60)(H,55,62)(H,56,61)(H,57,64)(H,58,63)(H,65,66)/t41-,42+,43+,44+,47?/m0/s1. The number of fused-ring (bicyclic) bond motifs is 17. The summed E-state index contributed by atoms with van der Waals surface area (Å²) in [5.41, 5.74) is 4.50. The van der Waals surface area contributed by atoms with E-state index < -0.39 is 71.6 Å². The van der Waals surface area contributed by atoms with Gasteiger partial charge in [-0.15, -0.1) is 11.3 Å². The van der Waals surface area contributed by atoms with E-state index in [4.69, 9.17) is 0 Å². The molecule has 5 atom stereocenters. The second-order valence-electron chi connectivity index (χ2n) is 16.2. The van der Waals surface area contributed by atoms with Crippen molar-refractivity contribution in [2.24, 2.45) is 0 Å². The molecule has 14 nitrogen and oxygen atoms in total. The van der Waals surface area contributed by atoms with E-state index in [2.05, 4.69) is 31.9 Å². The number of anilines is 1. The molecular weight excluding hydrogens is 869 g/mol. The van der Waals surface area contributed by atoms with Gasteiger partial charge in [-0.05, 0) is 57.0 Å². The molecule has 2 aliphatic heterocycles. The van der Waals surface area contributed by atoms with Gasteiger partial charge in [-0.3, -0.25) is 28.8 Å². The Morgan fingerprint density at radius 3 is 1.66 bits per heavy atom. The Hall–Kier alpha value is -7.91. The van der Waals surface area contributed by atoms with Gasteiger partial charge < -0.3 is 37.0 Å². The van der Waals surface area contributed by atoms with Crippen LogP contribution in [0.4, 0.5) is 5.69 Å². The van der Waals surface area contributed by atoms with E-state index >= 15 is 0 Å². The maximum absolute atomic E-state index is 14.7. The number of carbonyl (C=O) groups excluding carboxylic acids is 6. The summed E-state index contributed by atoms with van der Waals surface area (Å²) in [6.45, 7) is 0. The molecule has 1 unspecified atom stereocenters. The van der Waals surface area contributed by atoms with Crippen LogP contribution in [0.25, 0.3) is 11.1 Å². The SMILES string of the molecule is O=C1CCC(=O)N[C@H](Cc2cccs2)C(=O)N[C@@H](Cc2ccc(-c3ccccc3)cc2)C(=O)N[C@H](Cc2ccccc2)C(=O)NC(C(=O)N[C@H](Cc2ccccc2)C(=O)O)c2ccc(cc2)N1. The first kappa shape index (κ1) is 47.1. The van der Waals surface area contributed by atoms with Crippen molar-refractivity contribution in [1.82, 2.24) is 26.6 Å². The predicted octanol–water partition coefficient (Wildman–Crippen LogP) is 5.30. The number of nitrogens with one attached hydrogen (secondary N) is 6. The summed E-state index contributed by atoms with van der Waals surface area (Å²) in [7, 11) is 0. The maximum Gasteiger partial charge on any atom is 0.326 e. The van der Waals surface area contributed by atoms with E-state index in [0.29, 0.717) is 22.4 Å². The fraction of sp³-hybridized carbons (Fsp3) is 0.212. The third-order valence-corrected chi connectivity index (χ3v) is 12.1. The van der Waals surface area contributed by atoms with Crippen LogP contribution in [-0.4, -0.2) is 70.7 Å². The molecule has 6 amide bonds. The van der Waals surface area contributed by atoms with Gasteiger partial charge in [0, 0.05) is 49.1 Å². The number of carboxylic acid groups (broad SMARTS) is 1.